The molecule has 0 aromatic heterocycles. The minimum atomic E-state index is -3.65. The van der Waals surface area contributed by atoms with Gasteiger partial charge in [-0.05, 0) is 30.2 Å². The van der Waals surface area contributed by atoms with Crippen LogP contribution >= 0.6 is 0 Å². The van der Waals surface area contributed by atoms with E-state index in [1.165, 1.54) is 6.07 Å². The predicted octanol–water partition coefficient (Wildman–Crippen LogP) is 2.01. The summed E-state index contributed by atoms with van der Waals surface area (Å²) in [4.78, 5) is 0.201. The van der Waals surface area contributed by atoms with Crippen LogP contribution < -0.4 is 4.72 Å². The summed E-state index contributed by atoms with van der Waals surface area (Å²) in [7, 11) is -3.65. The molecule has 0 spiro atoms. The highest BCUT2D eigenvalue weighted by molar-refractivity contribution is 7.89. The molecule has 2 aromatic rings. The van der Waals surface area contributed by atoms with E-state index in [0.717, 1.165) is 11.1 Å². The fourth-order valence-corrected chi connectivity index (χ4v) is 3.25. The Bertz CT molecular complexity index is 669. The first kappa shape index (κ1) is 14.7. The summed E-state index contributed by atoms with van der Waals surface area (Å²) in [5.41, 5.74) is 1.60. The molecule has 0 aliphatic carbocycles. The summed E-state index contributed by atoms with van der Waals surface area (Å²) >= 11 is 0. The van der Waals surface area contributed by atoms with Crippen LogP contribution in [0.15, 0.2) is 59.5 Å². The number of aryl methyl sites for hydroxylation is 1. The monoisotopic (exact) mass is 291 g/mol. The molecule has 0 saturated carbocycles. The van der Waals surface area contributed by atoms with Crippen molar-refractivity contribution in [3.63, 3.8) is 0 Å². The first-order valence-electron chi connectivity index (χ1n) is 6.28. The Balaban J connectivity index is 2.27. The molecule has 5 heteroatoms. The van der Waals surface area contributed by atoms with Gasteiger partial charge in [0.25, 0.3) is 0 Å². The lowest BCUT2D eigenvalue weighted by Crippen LogP contribution is -2.30. The molecular formula is C15H17NO3S. The standard InChI is InChI=1S/C15H17NO3S/c1-12-6-5-9-14(10-12)20(18,19)16-15(11-17)13-7-3-2-4-8-13/h2-10,15-17H,11H2,1H3/t15-/m0/s1. The Kier molecular flexibility index (Phi) is 4.54. The van der Waals surface area contributed by atoms with Gasteiger partial charge in [0.05, 0.1) is 17.5 Å². The van der Waals surface area contributed by atoms with Gasteiger partial charge in [-0.25, -0.2) is 13.1 Å². The smallest absolute Gasteiger partial charge is 0.241 e. The summed E-state index contributed by atoms with van der Waals surface area (Å²) in [6.07, 6.45) is 0. The van der Waals surface area contributed by atoms with Crippen LogP contribution in [0.4, 0.5) is 0 Å². The van der Waals surface area contributed by atoms with E-state index in [1.54, 1.807) is 36.4 Å². The van der Waals surface area contributed by atoms with Crippen LogP contribution in [-0.2, 0) is 10.0 Å². The molecular weight excluding hydrogens is 274 g/mol. The van der Waals surface area contributed by atoms with Gasteiger partial charge in [-0.15, -0.1) is 0 Å². The van der Waals surface area contributed by atoms with Gasteiger partial charge in [-0.3, -0.25) is 0 Å². The highest BCUT2D eigenvalue weighted by atomic mass is 32.2. The zero-order chi connectivity index (χ0) is 14.6. The van der Waals surface area contributed by atoms with Gasteiger partial charge in [-0.1, -0.05) is 42.5 Å². The topological polar surface area (TPSA) is 66.4 Å². The minimum absolute atomic E-state index is 0.201. The van der Waals surface area contributed by atoms with Crippen molar-refractivity contribution in [3.8, 4) is 0 Å². The molecule has 0 amide bonds. The fraction of sp³-hybridized carbons (Fsp3) is 0.200. The molecule has 2 aromatic carbocycles. The van der Waals surface area contributed by atoms with E-state index in [9.17, 15) is 13.5 Å². The summed E-state index contributed by atoms with van der Waals surface area (Å²) in [6, 6.07) is 15.0. The number of hydrogen-bond acceptors (Lipinski definition) is 3. The van der Waals surface area contributed by atoms with E-state index >= 15 is 0 Å². The lowest BCUT2D eigenvalue weighted by molar-refractivity contribution is 0.259. The van der Waals surface area contributed by atoms with Crippen LogP contribution in [0.25, 0.3) is 0 Å². The SMILES string of the molecule is Cc1cccc(S(=O)(=O)N[C@@H](CO)c2ccccc2)c1. The number of rotatable bonds is 5. The van der Waals surface area contributed by atoms with Crippen molar-refractivity contribution in [2.24, 2.45) is 0 Å². The van der Waals surface area contributed by atoms with E-state index in [1.807, 2.05) is 19.1 Å². The maximum Gasteiger partial charge on any atom is 0.241 e. The average molecular weight is 291 g/mol. The molecule has 0 saturated heterocycles. The summed E-state index contributed by atoms with van der Waals surface area (Å²) in [5.74, 6) is 0. The normalized spacial score (nSPS) is 13.1. The second kappa shape index (κ2) is 6.17. The number of benzene rings is 2. The molecule has 0 aliphatic heterocycles. The zero-order valence-corrected chi connectivity index (χ0v) is 12.0. The molecule has 0 heterocycles. The average Bonchev–Trinajstić information content (AvgIpc) is 2.46. The van der Waals surface area contributed by atoms with Crippen LogP contribution in [0.1, 0.15) is 17.2 Å². The Hall–Kier alpha value is -1.69. The molecule has 20 heavy (non-hydrogen) atoms. The molecule has 0 bridgehead atoms. The maximum atomic E-state index is 12.3. The molecule has 106 valence electrons. The van der Waals surface area contributed by atoms with Crippen LogP contribution in [0, 0.1) is 6.92 Å². The first-order valence-corrected chi connectivity index (χ1v) is 7.76. The quantitative estimate of drug-likeness (QED) is 0.885. The number of sulfonamides is 1. The van der Waals surface area contributed by atoms with Gasteiger partial charge in [0, 0.05) is 0 Å². The van der Waals surface area contributed by atoms with E-state index in [0.29, 0.717) is 0 Å². The fourth-order valence-electron chi connectivity index (χ4n) is 1.93. The van der Waals surface area contributed by atoms with Gasteiger partial charge in [0.2, 0.25) is 10.0 Å². The molecule has 2 N–H and O–H groups in total. The molecule has 2 rings (SSSR count). The van der Waals surface area contributed by atoms with E-state index in [4.69, 9.17) is 0 Å². The maximum absolute atomic E-state index is 12.3. The van der Waals surface area contributed by atoms with Crippen LogP contribution in [0.5, 0.6) is 0 Å². The number of hydrogen-bond donors (Lipinski definition) is 2. The van der Waals surface area contributed by atoms with Crippen molar-refractivity contribution in [2.45, 2.75) is 17.9 Å². The Morgan fingerprint density at radius 3 is 2.40 bits per heavy atom. The van der Waals surface area contributed by atoms with Gasteiger partial charge < -0.3 is 5.11 Å². The van der Waals surface area contributed by atoms with Crippen molar-refractivity contribution >= 4 is 10.0 Å². The second-order valence-corrected chi connectivity index (χ2v) is 6.30. The summed E-state index contributed by atoms with van der Waals surface area (Å²) in [6.45, 7) is 1.54. The Morgan fingerprint density at radius 1 is 1.10 bits per heavy atom. The third-order valence-electron chi connectivity index (χ3n) is 2.98. The summed E-state index contributed by atoms with van der Waals surface area (Å²) in [5, 5.41) is 9.42. The van der Waals surface area contributed by atoms with Crippen LogP contribution in [-0.4, -0.2) is 20.1 Å². The predicted molar refractivity (Wildman–Crippen MR) is 77.8 cm³/mol. The van der Waals surface area contributed by atoms with Crippen molar-refractivity contribution in [2.75, 3.05) is 6.61 Å². The van der Waals surface area contributed by atoms with Crippen LogP contribution in [0.2, 0.25) is 0 Å². The van der Waals surface area contributed by atoms with Crippen molar-refractivity contribution in [1.29, 1.82) is 0 Å². The van der Waals surface area contributed by atoms with Crippen LogP contribution in [0.3, 0.4) is 0 Å². The van der Waals surface area contributed by atoms with E-state index in [-0.39, 0.29) is 11.5 Å². The largest absolute Gasteiger partial charge is 0.394 e. The van der Waals surface area contributed by atoms with Gasteiger partial charge in [-0.2, -0.15) is 0 Å². The van der Waals surface area contributed by atoms with Crippen molar-refractivity contribution in [1.82, 2.24) is 4.72 Å². The third kappa shape index (κ3) is 3.45. The molecule has 0 radical (unpaired) electrons. The molecule has 1 atom stereocenters. The minimum Gasteiger partial charge on any atom is -0.394 e. The van der Waals surface area contributed by atoms with Crippen molar-refractivity contribution < 1.29 is 13.5 Å². The molecule has 4 nitrogen and oxygen atoms in total. The van der Waals surface area contributed by atoms with Crippen molar-refractivity contribution in [3.05, 3.63) is 65.7 Å². The zero-order valence-electron chi connectivity index (χ0n) is 11.2. The number of nitrogens with one attached hydrogen (secondary N) is 1. The number of aliphatic hydroxyl groups is 1. The first-order chi connectivity index (χ1) is 9.53. The third-order valence-corrected chi connectivity index (χ3v) is 4.45. The molecule has 0 fully saturated rings. The lowest BCUT2D eigenvalue weighted by atomic mass is 10.1. The Labute approximate surface area is 119 Å². The highest BCUT2D eigenvalue weighted by Gasteiger charge is 2.20. The van der Waals surface area contributed by atoms with Gasteiger partial charge in [0.15, 0.2) is 0 Å². The number of aliphatic hydroxyl groups excluding tert-OH is 1. The molecule has 0 aliphatic rings. The van der Waals surface area contributed by atoms with E-state index in [2.05, 4.69) is 4.72 Å². The van der Waals surface area contributed by atoms with Gasteiger partial charge >= 0.3 is 0 Å². The summed E-state index contributed by atoms with van der Waals surface area (Å²) < 4.78 is 27.1. The second-order valence-electron chi connectivity index (χ2n) is 4.58. The lowest BCUT2D eigenvalue weighted by Gasteiger charge is -2.17. The van der Waals surface area contributed by atoms with E-state index < -0.39 is 16.1 Å². The Morgan fingerprint density at radius 2 is 1.80 bits per heavy atom. The highest BCUT2D eigenvalue weighted by Crippen LogP contribution is 2.17. The molecule has 0 unspecified atom stereocenters. The van der Waals surface area contributed by atoms with Gasteiger partial charge in [0.1, 0.15) is 0 Å².